The Morgan fingerprint density at radius 1 is 1.42 bits per heavy atom. The quantitative estimate of drug-likeness (QED) is 0.885. The standard InChI is InChI=1S/C15H18N2O2/c1-19-12-5-2-4-11(8-12)13-9-16-14(17-13)15(10-18)6-3-7-15/h2,4-5,8-9,18H,3,6-7,10H2,1H3,(H,16,17). The summed E-state index contributed by atoms with van der Waals surface area (Å²) in [5.41, 5.74) is 1.87. The van der Waals surface area contributed by atoms with Crippen LogP contribution >= 0.6 is 0 Å². The highest BCUT2D eigenvalue weighted by Gasteiger charge is 2.40. The third-order valence-corrected chi connectivity index (χ3v) is 4.07. The number of imidazole rings is 1. The first-order valence-corrected chi connectivity index (χ1v) is 6.58. The SMILES string of the molecule is COc1cccc(-c2cnc(C3(CO)CCC3)[nH]2)c1. The highest BCUT2D eigenvalue weighted by molar-refractivity contribution is 5.60. The van der Waals surface area contributed by atoms with Crippen LogP contribution in [0.2, 0.25) is 0 Å². The summed E-state index contributed by atoms with van der Waals surface area (Å²) < 4.78 is 5.23. The van der Waals surface area contributed by atoms with Crippen molar-refractivity contribution in [2.45, 2.75) is 24.7 Å². The fourth-order valence-corrected chi connectivity index (χ4v) is 2.60. The minimum atomic E-state index is -0.142. The molecule has 0 radical (unpaired) electrons. The average Bonchev–Trinajstić information content (AvgIpc) is 2.88. The first-order chi connectivity index (χ1) is 9.27. The van der Waals surface area contributed by atoms with Gasteiger partial charge in [-0.25, -0.2) is 4.98 Å². The molecule has 3 rings (SSSR count). The predicted molar refractivity (Wildman–Crippen MR) is 73.2 cm³/mol. The molecule has 100 valence electrons. The number of aromatic amines is 1. The molecule has 2 aromatic rings. The van der Waals surface area contributed by atoms with Crippen molar-refractivity contribution < 1.29 is 9.84 Å². The molecule has 4 nitrogen and oxygen atoms in total. The zero-order chi connectivity index (χ0) is 13.3. The van der Waals surface area contributed by atoms with Crippen LogP contribution in [0, 0.1) is 0 Å². The first kappa shape index (κ1) is 12.2. The zero-order valence-electron chi connectivity index (χ0n) is 11.0. The largest absolute Gasteiger partial charge is 0.497 e. The molecule has 0 atom stereocenters. The number of rotatable bonds is 4. The first-order valence-electron chi connectivity index (χ1n) is 6.58. The van der Waals surface area contributed by atoms with Gasteiger partial charge in [0.25, 0.3) is 0 Å². The molecule has 2 N–H and O–H groups in total. The van der Waals surface area contributed by atoms with Crippen LogP contribution in [0.25, 0.3) is 11.3 Å². The third kappa shape index (κ3) is 2.02. The lowest BCUT2D eigenvalue weighted by Gasteiger charge is -2.38. The summed E-state index contributed by atoms with van der Waals surface area (Å²) in [4.78, 5) is 7.80. The number of aliphatic hydroxyl groups excluding tert-OH is 1. The Hall–Kier alpha value is -1.81. The molecule has 1 saturated carbocycles. The maximum Gasteiger partial charge on any atom is 0.119 e. The van der Waals surface area contributed by atoms with E-state index in [1.807, 2.05) is 30.5 Å². The van der Waals surface area contributed by atoms with E-state index in [4.69, 9.17) is 4.74 Å². The fourth-order valence-electron chi connectivity index (χ4n) is 2.60. The van der Waals surface area contributed by atoms with E-state index in [0.29, 0.717) is 0 Å². The summed E-state index contributed by atoms with van der Waals surface area (Å²) in [5, 5.41) is 9.57. The van der Waals surface area contributed by atoms with Gasteiger partial charge in [0, 0.05) is 5.56 Å². The van der Waals surface area contributed by atoms with Gasteiger partial charge >= 0.3 is 0 Å². The molecule has 1 aliphatic carbocycles. The van der Waals surface area contributed by atoms with E-state index >= 15 is 0 Å². The van der Waals surface area contributed by atoms with Crippen molar-refractivity contribution in [1.29, 1.82) is 0 Å². The average molecular weight is 258 g/mol. The molecule has 1 aromatic carbocycles. The summed E-state index contributed by atoms with van der Waals surface area (Å²) in [6, 6.07) is 7.87. The van der Waals surface area contributed by atoms with Gasteiger partial charge in [-0.2, -0.15) is 0 Å². The summed E-state index contributed by atoms with van der Waals surface area (Å²) in [6.07, 6.45) is 5.01. The molecular formula is C15H18N2O2. The molecule has 1 fully saturated rings. The normalized spacial score (nSPS) is 16.9. The summed E-state index contributed by atoms with van der Waals surface area (Å²) in [5.74, 6) is 1.73. The van der Waals surface area contributed by atoms with E-state index in [1.165, 1.54) is 0 Å². The van der Waals surface area contributed by atoms with Crippen molar-refractivity contribution in [3.05, 3.63) is 36.3 Å². The number of nitrogens with one attached hydrogen (secondary N) is 1. The molecule has 4 heteroatoms. The van der Waals surface area contributed by atoms with Crippen molar-refractivity contribution in [3.8, 4) is 17.0 Å². The van der Waals surface area contributed by atoms with E-state index in [9.17, 15) is 5.11 Å². The Morgan fingerprint density at radius 3 is 2.89 bits per heavy atom. The van der Waals surface area contributed by atoms with Crippen LogP contribution in [0.1, 0.15) is 25.1 Å². The number of methoxy groups -OCH3 is 1. The van der Waals surface area contributed by atoms with Gasteiger partial charge in [0.1, 0.15) is 11.6 Å². The molecule has 1 aromatic heterocycles. The lowest BCUT2D eigenvalue weighted by atomic mass is 9.69. The van der Waals surface area contributed by atoms with E-state index in [0.717, 1.165) is 42.1 Å². The van der Waals surface area contributed by atoms with Crippen LogP contribution in [-0.4, -0.2) is 28.8 Å². The van der Waals surface area contributed by atoms with Crippen LogP contribution in [0.4, 0.5) is 0 Å². The Bertz CT molecular complexity index is 568. The second kappa shape index (κ2) is 4.70. The molecule has 0 aliphatic heterocycles. The number of aliphatic hydroxyl groups is 1. The Kier molecular flexibility index (Phi) is 3.03. The van der Waals surface area contributed by atoms with Crippen LogP contribution in [0.5, 0.6) is 5.75 Å². The van der Waals surface area contributed by atoms with Crippen molar-refractivity contribution >= 4 is 0 Å². The van der Waals surface area contributed by atoms with E-state index in [2.05, 4.69) is 9.97 Å². The second-order valence-corrected chi connectivity index (χ2v) is 5.17. The minimum Gasteiger partial charge on any atom is -0.497 e. The van der Waals surface area contributed by atoms with Gasteiger partial charge in [0.2, 0.25) is 0 Å². The van der Waals surface area contributed by atoms with E-state index < -0.39 is 0 Å². The van der Waals surface area contributed by atoms with Crippen molar-refractivity contribution in [2.24, 2.45) is 0 Å². The monoisotopic (exact) mass is 258 g/mol. The van der Waals surface area contributed by atoms with Crippen molar-refractivity contribution in [3.63, 3.8) is 0 Å². The highest BCUT2D eigenvalue weighted by Crippen LogP contribution is 2.42. The van der Waals surface area contributed by atoms with Gasteiger partial charge in [0.15, 0.2) is 0 Å². The second-order valence-electron chi connectivity index (χ2n) is 5.17. The van der Waals surface area contributed by atoms with Crippen molar-refractivity contribution in [2.75, 3.05) is 13.7 Å². The fraction of sp³-hybridized carbons (Fsp3) is 0.400. The van der Waals surface area contributed by atoms with Gasteiger partial charge in [-0.1, -0.05) is 18.6 Å². The highest BCUT2D eigenvalue weighted by atomic mass is 16.5. The van der Waals surface area contributed by atoms with E-state index in [1.54, 1.807) is 7.11 Å². The molecular weight excluding hydrogens is 240 g/mol. The smallest absolute Gasteiger partial charge is 0.119 e. The molecule has 19 heavy (non-hydrogen) atoms. The molecule has 0 bridgehead atoms. The maximum atomic E-state index is 9.57. The molecule has 1 aliphatic rings. The zero-order valence-corrected chi connectivity index (χ0v) is 11.0. The molecule has 0 saturated heterocycles. The molecule has 0 unspecified atom stereocenters. The minimum absolute atomic E-state index is 0.142. The van der Waals surface area contributed by atoms with Crippen LogP contribution in [0.15, 0.2) is 30.5 Å². The number of benzene rings is 1. The topological polar surface area (TPSA) is 58.1 Å². The van der Waals surface area contributed by atoms with Crippen LogP contribution in [0.3, 0.4) is 0 Å². The van der Waals surface area contributed by atoms with Gasteiger partial charge in [-0.15, -0.1) is 0 Å². The van der Waals surface area contributed by atoms with Gasteiger partial charge < -0.3 is 14.8 Å². The predicted octanol–water partition coefficient (Wildman–Crippen LogP) is 2.50. The summed E-state index contributed by atoms with van der Waals surface area (Å²) >= 11 is 0. The van der Waals surface area contributed by atoms with Crippen LogP contribution < -0.4 is 4.74 Å². The van der Waals surface area contributed by atoms with Crippen molar-refractivity contribution in [1.82, 2.24) is 9.97 Å². The van der Waals surface area contributed by atoms with Gasteiger partial charge in [0.05, 0.1) is 31.0 Å². The lowest BCUT2D eigenvalue weighted by molar-refractivity contribution is 0.113. The third-order valence-electron chi connectivity index (χ3n) is 4.07. The maximum absolute atomic E-state index is 9.57. The number of nitrogens with zero attached hydrogens (tertiary/aromatic N) is 1. The number of hydrogen-bond donors (Lipinski definition) is 2. The number of aromatic nitrogens is 2. The lowest BCUT2D eigenvalue weighted by Crippen LogP contribution is -2.39. The molecule has 1 heterocycles. The van der Waals surface area contributed by atoms with E-state index in [-0.39, 0.29) is 12.0 Å². The summed E-state index contributed by atoms with van der Waals surface area (Å²) in [7, 11) is 1.66. The molecule has 0 spiro atoms. The Balaban J connectivity index is 1.92. The Morgan fingerprint density at radius 2 is 2.26 bits per heavy atom. The summed E-state index contributed by atoms with van der Waals surface area (Å²) in [6.45, 7) is 0.165. The number of ether oxygens (including phenoxy) is 1. The van der Waals surface area contributed by atoms with Gasteiger partial charge in [-0.05, 0) is 25.0 Å². The van der Waals surface area contributed by atoms with Crippen LogP contribution in [-0.2, 0) is 5.41 Å². The molecule has 0 amide bonds. The van der Waals surface area contributed by atoms with Gasteiger partial charge in [-0.3, -0.25) is 0 Å². The number of hydrogen-bond acceptors (Lipinski definition) is 3. The number of H-pyrrole nitrogens is 1. The Labute approximate surface area is 112 Å².